The largest absolute Gasteiger partial charge is 0.497 e. The van der Waals surface area contributed by atoms with Gasteiger partial charge >= 0.3 is 0 Å². The molecule has 34 heavy (non-hydrogen) atoms. The molecule has 2 amide bonds. The van der Waals surface area contributed by atoms with Crippen molar-refractivity contribution in [2.75, 3.05) is 17.3 Å². The van der Waals surface area contributed by atoms with Gasteiger partial charge in [-0.3, -0.25) is 9.59 Å². The minimum absolute atomic E-state index is 0.0185. The van der Waals surface area contributed by atoms with Gasteiger partial charge in [0.15, 0.2) is 0 Å². The van der Waals surface area contributed by atoms with Crippen LogP contribution in [0.15, 0.2) is 72.4 Å². The quantitative estimate of drug-likeness (QED) is 0.480. The molecule has 0 atom stereocenters. The molecule has 1 heterocycles. The molecular formula is C29H30N2O3. The molecule has 0 saturated heterocycles. The number of nitrogens with zero attached hydrogens (tertiary/aromatic N) is 1. The lowest BCUT2D eigenvalue weighted by Gasteiger charge is -2.20. The topological polar surface area (TPSA) is 58.6 Å². The maximum Gasteiger partial charge on any atom is 0.282 e. The summed E-state index contributed by atoms with van der Waals surface area (Å²) in [6, 6.07) is 20.9. The Hall–Kier alpha value is -3.86. The molecule has 1 aliphatic rings. The molecule has 0 unspecified atom stereocenters. The van der Waals surface area contributed by atoms with Crippen LogP contribution < -0.4 is 15.0 Å². The van der Waals surface area contributed by atoms with Gasteiger partial charge in [0, 0.05) is 5.69 Å². The Bertz CT molecular complexity index is 1280. The van der Waals surface area contributed by atoms with E-state index < -0.39 is 0 Å². The van der Waals surface area contributed by atoms with E-state index in [1.165, 1.54) is 10.5 Å². The van der Waals surface area contributed by atoms with Gasteiger partial charge in [-0.1, -0.05) is 57.2 Å². The van der Waals surface area contributed by atoms with Crippen LogP contribution in [-0.4, -0.2) is 18.9 Å². The van der Waals surface area contributed by atoms with Crippen LogP contribution in [0.5, 0.6) is 5.75 Å². The highest BCUT2D eigenvalue weighted by Crippen LogP contribution is 2.36. The molecule has 0 saturated carbocycles. The van der Waals surface area contributed by atoms with Crippen LogP contribution in [0.2, 0.25) is 0 Å². The molecule has 1 aliphatic heterocycles. The molecule has 5 heteroatoms. The SMILES string of the molecule is COc1ccc(C2=C(Nc3ccc(C(C)(C)C)cc3)C(=O)N(c3cc(C)ccc3C)C2=O)cc1. The van der Waals surface area contributed by atoms with Gasteiger partial charge in [-0.2, -0.15) is 0 Å². The van der Waals surface area contributed by atoms with Crippen molar-refractivity contribution in [2.45, 2.75) is 40.0 Å². The summed E-state index contributed by atoms with van der Waals surface area (Å²) < 4.78 is 5.27. The normalized spacial score (nSPS) is 14.1. The van der Waals surface area contributed by atoms with Crippen molar-refractivity contribution >= 4 is 28.8 Å². The van der Waals surface area contributed by atoms with Gasteiger partial charge in [0.2, 0.25) is 0 Å². The Morgan fingerprint density at radius 1 is 0.824 bits per heavy atom. The minimum Gasteiger partial charge on any atom is -0.497 e. The number of methoxy groups -OCH3 is 1. The molecule has 174 valence electrons. The number of amides is 2. The number of carbonyl (C=O) groups excluding carboxylic acids is 2. The molecule has 3 aromatic rings. The third-order valence-corrected chi connectivity index (χ3v) is 6.09. The van der Waals surface area contributed by atoms with E-state index in [0.29, 0.717) is 22.6 Å². The van der Waals surface area contributed by atoms with E-state index in [4.69, 9.17) is 4.74 Å². The van der Waals surface area contributed by atoms with Gasteiger partial charge in [-0.25, -0.2) is 4.90 Å². The summed E-state index contributed by atoms with van der Waals surface area (Å²) in [6.45, 7) is 10.3. The average molecular weight is 455 g/mol. The zero-order chi connectivity index (χ0) is 24.6. The Labute approximate surface area is 201 Å². The molecule has 1 N–H and O–H groups in total. The van der Waals surface area contributed by atoms with Crippen molar-refractivity contribution in [2.24, 2.45) is 0 Å². The van der Waals surface area contributed by atoms with Crippen LogP contribution in [0.1, 0.15) is 43.0 Å². The summed E-state index contributed by atoms with van der Waals surface area (Å²) >= 11 is 0. The number of benzene rings is 3. The monoisotopic (exact) mass is 454 g/mol. The third kappa shape index (κ3) is 4.34. The van der Waals surface area contributed by atoms with E-state index in [9.17, 15) is 9.59 Å². The Balaban J connectivity index is 1.80. The number of hydrogen-bond acceptors (Lipinski definition) is 4. The third-order valence-electron chi connectivity index (χ3n) is 6.09. The van der Waals surface area contributed by atoms with Gasteiger partial charge in [0.25, 0.3) is 11.8 Å². The fraction of sp³-hybridized carbons (Fsp3) is 0.241. The number of anilines is 2. The lowest BCUT2D eigenvalue weighted by atomic mass is 9.87. The van der Waals surface area contributed by atoms with Crippen LogP contribution in [0.25, 0.3) is 5.57 Å². The zero-order valence-electron chi connectivity index (χ0n) is 20.5. The molecule has 0 radical (unpaired) electrons. The van der Waals surface area contributed by atoms with Crippen molar-refractivity contribution in [3.05, 3.63) is 94.7 Å². The molecular weight excluding hydrogens is 424 g/mol. The predicted octanol–water partition coefficient (Wildman–Crippen LogP) is 6.01. The Morgan fingerprint density at radius 3 is 2.06 bits per heavy atom. The van der Waals surface area contributed by atoms with Gasteiger partial charge in [0.05, 0.1) is 18.4 Å². The van der Waals surface area contributed by atoms with Crippen molar-refractivity contribution in [3.63, 3.8) is 0 Å². The molecule has 5 nitrogen and oxygen atoms in total. The van der Waals surface area contributed by atoms with Crippen LogP contribution in [0.4, 0.5) is 11.4 Å². The minimum atomic E-state index is -0.371. The zero-order valence-corrected chi connectivity index (χ0v) is 20.5. The van der Waals surface area contributed by atoms with Crippen LogP contribution >= 0.6 is 0 Å². The van der Waals surface area contributed by atoms with Crippen LogP contribution in [-0.2, 0) is 15.0 Å². The van der Waals surface area contributed by atoms with Crippen LogP contribution in [0, 0.1) is 13.8 Å². The van der Waals surface area contributed by atoms with Gasteiger partial charge in [0.1, 0.15) is 11.4 Å². The summed E-state index contributed by atoms with van der Waals surface area (Å²) in [4.78, 5) is 28.6. The van der Waals surface area contributed by atoms with Crippen molar-refractivity contribution in [1.82, 2.24) is 0 Å². The molecule has 0 aliphatic carbocycles. The first-order valence-corrected chi connectivity index (χ1v) is 11.3. The lowest BCUT2D eigenvalue weighted by Crippen LogP contribution is -2.33. The first kappa shape index (κ1) is 23.3. The fourth-order valence-electron chi connectivity index (χ4n) is 4.05. The second-order valence-electron chi connectivity index (χ2n) is 9.67. The molecule has 0 bridgehead atoms. The van der Waals surface area contributed by atoms with E-state index in [1.807, 2.05) is 56.3 Å². The second-order valence-corrected chi connectivity index (χ2v) is 9.67. The molecule has 0 fully saturated rings. The van der Waals surface area contributed by atoms with E-state index in [-0.39, 0.29) is 22.9 Å². The van der Waals surface area contributed by atoms with Gasteiger partial charge in [-0.05, 0) is 71.8 Å². The van der Waals surface area contributed by atoms with E-state index >= 15 is 0 Å². The number of carbonyl (C=O) groups is 2. The van der Waals surface area contributed by atoms with E-state index in [2.05, 4.69) is 26.1 Å². The summed E-state index contributed by atoms with van der Waals surface area (Å²) in [5.41, 5.74) is 5.65. The van der Waals surface area contributed by atoms with Gasteiger partial charge < -0.3 is 10.1 Å². The molecule has 0 aromatic heterocycles. The number of hydrogen-bond donors (Lipinski definition) is 1. The standard InChI is InChI=1S/C29H30N2O3/c1-18-7-8-19(2)24(17-18)31-27(32)25(20-9-15-23(34-6)16-10-20)26(28(31)33)30-22-13-11-21(12-14-22)29(3,4)5/h7-17,30H,1-6H3. The summed E-state index contributed by atoms with van der Waals surface area (Å²) in [6.07, 6.45) is 0. The first-order chi connectivity index (χ1) is 16.1. The Kier molecular flexibility index (Phi) is 6.05. The van der Waals surface area contributed by atoms with Gasteiger partial charge in [-0.15, -0.1) is 0 Å². The number of ether oxygens (including phenoxy) is 1. The highest BCUT2D eigenvalue weighted by atomic mass is 16.5. The highest BCUT2D eigenvalue weighted by Gasteiger charge is 2.41. The second kappa shape index (κ2) is 8.82. The molecule has 3 aromatic carbocycles. The average Bonchev–Trinajstić information content (AvgIpc) is 3.04. The smallest absolute Gasteiger partial charge is 0.282 e. The number of rotatable bonds is 5. The highest BCUT2D eigenvalue weighted by molar-refractivity contribution is 6.46. The summed E-state index contributed by atoms with van der Waals surface area (Å²) in [5, 5.41) is 3.25. The molecule has 0 spiro atoms. The van der Waals surface area contributed by atoms with E-state index in [0.717, 1.165) is 16.8 Å². The van der Waals surface area contributed by atoms with Crippen molar-refractivity contribution in [3.8, 4) is 5.75 Å². The number of nitrogens with one attached hydrogen (secondary N) is 1. The predicted molar refractivity (Wildman–Crippen MR) is 137 cm³/mol. The summed E-state index contributed by atoms with van der Waals surface area (Å²) in [7, 11) is 1.59. The number of imide groups is 1. The fourth-order valence-corrected chi connectivity index (χ4v) is 4.05. The summed E-state index contributed by atoms with van der Waals surface area (Å²) in [5.74, 6) is -0.0399. The van der Waals surface area contributed by atoms with Crippen molar-refractivity contribution < 1.29 is 14.3 Å². The number of aryl methyl sites for hydroxylation is 2. The van der Waals surface area contributed by atoms with E-state index in [1.54, 1.807) is 31.4 Å². The van der Waals surface area contributed by atoms with Crippen molar-refractivity contribution in [1.29, 1.82) is 0 Å². The maximum atomic E-state index is 13.7. The first-order valence-electron chi connectivity index (χ1n) is 11.3. The van der Waals surface area contributed by atoms with Crippen LogP contribution in [0.3, 0.4) is 0 Å². The lowest BCUT2D eigenvalue weighted by molar-refractivity contribution is -0.120. The molecule has 4 rings (SSSR count). The Morgan fingerprint density at radius 2 is 1.47 bits per heavy atom. The maximum absolute atomic E-state index is 13.7.